The third-order valence-corrected chi connectivity index (χ3v) is 7.26. The Balaban J connectivity index is 1.52. The highest BCUT2D eigenvalue weighted by Crippen LogP contribution is 2.42. The molecule has 2 heterocycles. The van der Waals surface area contributed by atoms with Gasteiger partial charge >= 0.3 is 0 Å². The van der Waals surface area contributed by atoms with E-state index < -0.39 is 0 Å². The van der Waals surface area contributed by atoms with Gasteiger partial charge in [0.1, 0.15) is 11.1 Å². The molecule has 0 N–H and O–H groups in total. The summed E-state index contributed by atoms with van der Waals surface area (Å²) >= 11 is 2.92. The first-order valence-electron chi connectivity index (χ1n) is 9.37. The number of methoxy groups -OCH3 is 1. The fourth-order valence-corrected chi connectivity index (χ4v) is 5.69. The molecule has 2 aliphatic rings. The van der Waals surface area contributed by atoms with Crippen LogP contribution >= 0.6 is 23.1 Å². The molecule has 1 aromatic carbocycles. The highest BCUT2D eigenvalue weighted by molar-refractivity contribution is 8.00. The quantitative estimate of drug-likeness (QED) is 0.632. The molecule has 0 bridgehead atoms. The minimum atomic E-state index is -0.0613. The highest BCUT2D eigenvalue weighted by Gasteiger charge is 2.40. The maximum atomic E-state index is 13.1. The molecule has 5 nitrogen and oxygen atoms in total. The molecule has 28 heavy (non-hydrogen) atoms. The van der Waals surface area contributed by atoms with E-state index in [1.807, 2.05) is 34.5 Å². The van der Waals surface area contributed by atoms with E-state index in [0.29, 0.717) is 17.3 Å². The number of rotatable bonds is 7. The van der Waals surface area contributed by atoms with Crippen LogP contribution in [0.5, 0.6) is 5.75 Å². The Labute approximate surface area is 172 Å². The van der Waals surface area contributed by atoms with Crippen molar-refractivity contribution < 1.29 is 14.3 Å². The molecule has 0 saturated heterocycles. The van der Waals surface area contributed by atoms with Gasteiger partial charge in [-0.05, 0) is 49.0 Å². The van der Waals surface area contributed by atoms with Crippen LogP contribution in [0, 0.1) is 0 Å². The minimum absolute atomic E-state index is 0.0294. The lowest BCUT2D eigenvalue weighted by molar-refractivity contribution is -0.126. The lowest BCUT2D eigenvalue weighted by atomic mass is 9.94. The Morgan fingerprint density at radius 3 is 2.79 bits per heavy atom. The predicted octanol–water partition coefficient (Wildman–Crippen LogP) is 4.31. The largest absolute Gasteiger partial charge is 0.497 e. The molecule has 1 amide bonds. The number of Topliss-reactive ketones (excluding diaryl/α,β-unsaturated/α-hetero) is 1. The number of hydrogen-bond acceptors (Lipinski definition) is 6. The zero-order valence-corrected chi connectivity index (χ0v) is 17.4. The van der Waals surface area contributed by atoms with Gasteiger partial charge in [-0.1, -0.05) is 12.1 Å². The number of ketones is 1. The molecule has 1 atom stereocenters. The van der Waals surface area contributed by atoms with Crippen molar-refractivity contribution in [2.24, 2.45) is 0 Å². The lowest BCUT2D eigenvalue weighted by Crippen LogP contribution is -2.33. The van der Waals surface area contributed by atoms with Crippen LogP contribution in [0.1, 0.15) is 41.0 Å². The van der Waals surface area contributed by atoms with Crippen molar-refractivity contribution in [3.8, 4) is 5.75 Å². The normalized spacial score (nSPS) is 19.1. The Morgan fingerprint density at radius 2 is 2.07 bits per heavy atom. The summed E-state index contributed by atoms with van der Waals surface area (Å²) in [6.07, 6.45) is 5.63. The third-order valence-electron chi connectivity index (χ3n) is 5.17. The van der Waals surface area contributed by atoms with Crippen LogP contribution in [0.3, 0.4) is 0 Å². The van der Waals surface area contributed by atoms with Gasteiger partial charge in [-0.25, -0.2) is 4.98 Å². The molecule has 7 heteroatoms. The SMILES string of the molecule is COc1ccc(CN2C(=O)C3=C(CCCC3)C2SCC(=O)c2nccs2)cc1. The smallest absolute Gasteiger partial charge is 0.251 e. The Bertz CT molecular complexity index is 891. The molecule has 1 aliphatic heterocycles. The molecule has 2 aromatic rings. The van der Waals surface area contributed by atoms with Crippen molar-refractivity contribution in [3.63, 3.8) is 0 Å². The molecular weight excluding hydrogens is 392 g/mol. The maximum Gasteiger partial charge on any atom is 0.251 e. The first-order valence-corrected chi connectivity index (χ1v) is 11.3. The molecule has 0 spiro atoms. The van der Waals surface area contributed by atoms with Gasteiger partial charge in [-0.15, -0.1) is 23.1 Å². The maximum absolute atomic E-state index is 13.1. The molecule has 1 aromatic heterocycles. The molecule has 0 radical (unpaired) electrons. The number of nitrogens with zero attached hydrogens (tertiary/aromatic N) is 2. The number of thioether (sulfide) groups is 1. The fraction of sp³-hybridized carbons (Fsp3) is 0.381. The monoisotopic (exact) mass is 414 g/mol. The fourth-order valence-electron chi connectivity index (χ4n) is 3.76. The summed E-state index contributed by atoms with van der Waals surface area (Å²) < 4.78 is 5.22. The van der Waals surface area contributed by atoms with Crippen molar-refractivity contribution in [2.45, 2.75) is 37.6 Å². The summed E-state index contributed by atoms with van der Waals surface area (Å²) in [7, 11) is 1.64. The van der Waals surface area contributed by atoms with E-state index in [1.165, 1.54) is 16.9 Å². The zero-order valence-electron chi connectivity index (χ0n) is 15.7. The second-order valence-corrected chi connectivity index (χ2v) is 8.88. The Kier molecular flexibility index (Phi) is 5.82. The Hall–Kier alpha value is -2.12. The predicted molar refractivity (Wildman–Crippen MR) is 112 cm³/mol. The van der Waals surface area contributed by atoms with Gasteiger partial charge in [-0.3, -0.25) is 9.59 Å². The summed E-state index contributed by atoms with van der Waals surface area (Å²) in [6.45, 7) is 0.541. The number of benzene rings is 1. The van der Waals surface area contributed by atoms with Crippen LogP contribution in [-0.4, -0.2) is 39.8 Å². The van der Waals surface area contributed by atoms with E-state index in [1.54, 1.807) is 25.1 Å². The van der Waals surface area contributed by atoms with E-state index >= 15 is 0 Å². The van der Waals surface area contributed by atoms with Crippen molar-refractivity contribution in [2.75, 3.05) is 12.9 Å². The molecule has 1 unspecified atom stereocenters. The van der Waals surface area contributed by atoms with E-state index in [4.69, 9.17) is 4.74 Å². The Morgan fingerprint density at radius 1 is 1.29 bits per heavy atom. The van der Waals surface area contributed by atoms with E-state index in [2.05, 4.69) is 4.98 Å². The van der Waals surface area contributed by atoms with Crippen LogP contribution in [0.15, 0.2) is 47.0 Å². The molecule has 0 fully saturated rings. The summed E-state index contributed by atoms with van der Waals surface area (Å²) in [5, 5.41) is 2.29. The van der Waals surface area contributed by atoms with Gasteiger partial charge in [0.25, 0.3) is 5.91 Å². The van der Waals surface area contributed by atoms with E-state index in [-0.39, 0.29) is 17.1 Å². The van der Waals surface area contributed by atoms with Gasteiger partial charge < -0.3 is 9.64 Å². The topological polar surface area (TPSA) is 59.5 Å². The number of aromatic nitrogens is 1. The second kappa shape index (κ2) is 8.49. The van der Waals surface area contributed by atoms with Gasteiger partial charge in [0, 0.05) is 23.7 Å². The number of amides is 1. The third kappa shape index (κ3) is 3.86. The van der Waals surface area contributed by atoms with Gasteiger partial charge in [0.2, 0.25) is 5.78 Å². The average Bonchev–Trinajstić information content (AvgIpc) is 3.36. The molecule has 1 aliphatic carbocycles. The van der Waals surface area contributed by atoms with Gasteiger partial charge in [0.15, 0.2) is 5.01 Å². The van der Waals surface area contributed by atoms with E-state index in [9.17, 15) is 9.59 Å². The van der Waals surface area contributed by atoms with Crippen molar-refractivity contribution >= 4 is 34.8 Å². The summed E-state index contributed by atoms with van der Waals surface area (Å²) in [6, 6.07) is 7.81. The average molecular weight is 415 g/mol. The first kappa shape index (κ1) is 19.2. The van der Waals surface area contributed by atoms with Crippen LogP contribution in [0.25, 0.3) is 0 Å². The van der Waals surface area contributed by atoms with Gasteiger partial charge in [-0.2, -0.15) is 0 Å². The summed E-state index contributed by atoms with van der Waals surface area (Å²) in [5.41, 5.74) is 3.26. The second-order valence-electron chi connectivity index (χ2n) is 6.92. The van der Waals surface area contributed by atoms with Crippen molar-refractivity contribution in [1.29, 1.82) is 0 Å². The van der Waals surface area contributed by atoms with Crippen LogP contribution in [0.4, 0.5) is 0 Å². The minimum Gasteiger partial charge on any atom is -0.497 e. The van der Waals surface area contributed by atoms with E-state index in [0.717, 1.165) is 42.6 Å². The molecule has 4 rings (SSSR count). The van der Waals surface area contributed by atoms with Crippen LogP contribution in [0.2, 0.25) is 0 Å². The van der Waals surface area contributed by atoms with Crippen molar-refractivity contribution in [3.05, 3.63) is 57.6 Å². The first-order chi connectivity index (χ1) is 13.7. The standard InChI is InChI=1S/C21H22N2O3S2/c1-26-15-8-6-14(7-9-15)12-23-20(25)16-4-2-3-5-17(16)21(23)28-13-18(24)19-22-10-11-27-19/h6-11,21H,2-5,12-13H2,1H3. The summed E-state index contributed by atoms with van der Waals surface area (Å²) in [5.74, 6) is 1.29. The summed E-state index contributed by atoms with van der Waals surface area (Å²) in [4.78, 5) is 31.6. The highest BCUT2D eigenvalue weighted by atomic mass is 32.2. The zero-order chi connectivity index (χ0) is 19.5. The molecule has 146 valence electrons. The lowest BCUT2D eigenvalue weighted by Gasteiger charge is -2.27. The van der Waals surface area contributed by atoms with Crippen LogP contribution < -0.4 is 4.74 Å². The number of ether oxygens (including phenoxy) is 1. The number of hydrogen-bond donors (Lipinski definition) is 0. The number of thiazole rings is 1. The number of carbonyl (C=O) groups is 2. The molecule has 0 saturated carbocycles. The number of carbonyl (C=O) groups excluding carboxylic acids is 2. The van der Waals surface area contributed by atoms with Crippen LogP contribution in [-0.2, 0) is 11.3 Å². The van der Waals surface area contributed by atoms with Crippen molar-refractivity contribution in [1.82, 2.24) is 9.88 Å². The molecular formula is C21H22N2O3S2. The van der Waals surface area contributed by atoms with Gasteiger partial charge in [0.05, 0.1) is 12.9 Å².